The van der Waals surface area contributed by atoms with E-state index in [1.54, 1.807) is 0 Å². The maximum absolute atomic E-state index is 5.98. The molecule has 0 heterocycles. The van der Waals surface area contributed by atoms with Crippen molar-refractivity contribution in [3.63, 3.8) is 0 Å². The fourth-order valence-electron chi connectivity index (χ4n) is 1.44. The van der Waals surface area contributed by atoms with E-state index >= 15 is 0 Å². The number of alkyl halides is 1. The summed E-state index contributed by atoms with van der Waals surface area (Å²) in [5, 5.41) is 0.787. The summed E-state index contributed by atoms with van der Waals surface area (Å²) in [6.45, 7) is 2.18. The Morgan fingerprint density at radius 1 is 1.27 bits per heavy atom. The summed E-state index contributed by atoms with van der Waals surface area (Å²) in [5.41, 5.74) is 1.30. The summed E-state index contributed by atoms with van der Waals surface area (Å²) in [5.74, 6) is 3.50. The molecule has 84 valence electrons. The van der Waals surface area contributed by atoms with Gasteiger partial charge in [-0.15, -0.1) is 11.6 Å². The summed E-state index contributed by atoms with van der Waals surface area (Å²) >= 11 is 13.8. The maximum atomic E-state index is 5.98. The number of hydrogen-bond acceptors (Lipinski definition) is 1. The summed E-state index contributed by atoms with van der Waals surface area (Å²) < 4.78 is 0. The van der Waals surface area contributed by atoms with Crippen LogP contribution in [0.4, 0.5) is 0 Å². The van der Waals surface area contributed by atoms with Gasteiger partial charge in [-0.25, -0.2) is 0 Å². The second-order valence-electron chi connectivity index (χ2n) is 3.39. The minimum Gasteiger partial charge on any atom is -0.162 e. The van der Waals surface area contributed by atoms with Gasteiger partial charge in [-0.05, 0) is 41.5 Å². The second-order valence-corrected chi connectivity index (χ2v) is 5.53. The molecule has 0 nitrogen and oxygen atoms in total. The monoisotopic (exact) mass is 262 g/mol. The lowest BCUT2D eigenvalue weighted by Crippen LogP contribution is -2.02. The first-order valence-electron chi connectivity index (χ1n) is 5.17. The lowest BCUT2D eigenvalue weighted by atomic mass is 9.99. The molecule has 1 atom stereocenters. The quantitative estimate of drug-likeness (QED) is 0.524. The number of halogens is 2. The molecule has 0 fully saturated rings. The fourth-order valence-corrected chi connectivity index (χ4v) is 2.64. The van der Waals surface area contributed by atoms with Crippen molar-refractivity contribution in [2.75, 3.05) is 17.4 Å². The van der Waals surface area contributed by atoms with E-state index in [1.807, 2.05) is 23.9 Å². The van der Waals surface area contributed by atoms with Gasteiger partial charge in [-0.3, -0.25) is 0 Å². The molecule has 0 amide bonds. The predicted octanol–water partition coefficient (Wildman–Crippen LogP) is 4.81. The molecule has 0 aliphatic heterocycles. The SMILES string of the molecule is CCSCCC(CCl)c1ccc(Cl)cc1. The van der Waals surface area contributed by atoms with E-state index < -0.39 is 0 Å². The van der Waals surface area contributed by atoms with Crippen molar-refractivity contribution >= 4 is 35.0 Å². The van der Waals surface area contributed by atoms with Crippen LogP contribution in [-0.2, 0) is 0 Å². The van der Waals surface area contributed by atoms with E-state index in [4.69, 9.17) is 23.2 Å². The molecular formula is C12H16Cl2S. The maximum Gasteiger partial charge on any atom is 0.0406 e. The highest BCUT2D eigenvalue weighted by atomic mass is 35.5. The molecule has 0 N–H and O–H groups in total. The van der Waals surface area contributed by atoms with Gasteiger partial charge in [0.2, 0.25) is 0 Å². The van der Waals surface area contributed by atoms with Crippen LogP contribution in [0.2, 0.25) is 5.02 Å². The first-order valence-corrected chi connectivity index (χ1v) is 7.23. The second kappa shape index (κ2) is 7.43. The van der Waals surface area contributed by atoms with Crippen LogP contribution in [0.25, 0.3) is 0 Å². The van der Waals surface area contributed by atoms with Crippen LogP contribution in [-0.4, -0.2) is 17.4 Å². The average molecular weight is 263 g/mol. The van der Waals surface area contributed by atoms with Crippen molar-refractivity contribution in [3.05, 3.63) is 34.9 Å². The topological polar surface area (TPSA) is 0 Å². The number of benzene rings is 1. The van der Waals surface area contributed by atoms with Crippen LogP contribution >= 0.6 is 35.0 Å². The summed E-state index contributed by atoms with van der Waals surface area (Å²) in [6.07, 6.45) is 1.14. The van der Waals surface area contributed by atoms with Gasteiger partial charge in [-0.2, -0.15) is 11.8 Å². The van der Waals surface area contributed by atoms with Crippen LogP contribution in [0, 0.1) is 0 Å². The lowest BCUT2D eigenvalue weighted by molar-refractivity contribution is 0.748. The molecule has 0 bridgehead atoms. The minimum absolute atomic E-state index is 0.461. The first kappa shape index (κ1) is 13.2. The number of thioether (sulfide) groups is 1. The molecule has 3 heteroatoms. The molecule has 0 saturated carbocycles. The zero-order valence-electron chi connectivity index (χ0n) is 8.88. The third kappa shape index (κ3) is 4.67. The van der Waals surface area contributed by atoms with Crippen LogP contribution < -0.4 is 0 Å². The van der Waals surface area contributed by atoms with Gasteiger partial charge in [0.25, 0.3) is 0 Å². The van der Waals surface area contributed by atoms with E-state index in [0.29, 0.717) is 11.8 Å². The predicted molar refractivity (Wildman–Crippen MR) is 72.5 cm³/mol. The first-order chi connectivity index (χ1) is 7.27. The van der Waals surface area contributed by atoms with Crippen molar-refractivity contribution in [1.29, 1.82) is 0 Å². The third-order valence-electron chi connectivity index (χ3n) is 2.34. The fraction of sp³-hybridized carbons (Fsp3) is 0.500. The van der Waals surface area contributed by atoms with Crippen molar-refractivity contribution in [2.45, 2.75) is 19.3 Å². The molecule has 1 unspecified atom stereocenters. The van der Waals surface area contributed by atoms with Crippen molar-refractivity contribution in [2.24, 2.45) is 0 Å². The molecule has 0 saturated heterocycles. The highest BCUT2D eigenvalue weighted by Gasteiger charge is 2.09. The Labute approximate surface area is 106 Å². The number of rotatable bonds is 6. The van der Waals surface area contributed by atoms with Gasteiger partial charge in [0.15, 0.2) is 0 Å². The highest BCUT2D eigenvalue weighted by molar-refractivity contribution is 7.99. The van der Waals surface area contributed by atoms with Crippen molar-refractivity contribution in [3.8, 4) is 0 Å². The van der Waals surface area contributed by atoms with Gasteiger partial charge < -0.3 is 0 Å². The molecule has 0 aromatic heterocycles. The summed E-state index contributed by atoms with van der Waals surface area (Å²) in [7, 11) is 0. The van der Waals surface area contributed by atoms with Gasteiger partial charge in [0.05, 0.1) is 0 Å². The number of hydrogen-bond donors (Lipinski definition) is 0. The zero-order valence-corrected chi connectivity index (χ0v) is 11.2. The molecule has 1 aromatic rings. The highest BCUT2D eigenvalue weighted by Crippen LogP contribution is 2.24. The van der Waals surface area contributed by atoms with Gasteiger partial charge in [0.1, 0.15) is 0 Å². The van der Waals surface area contributed by atoms with Crippen molar-refractivity contribution in [1.82, 2.24) is 0 Å². The molecule has 0 aliphatic carbocycles. The standard InChI is InChI=1S/C12H16Cl2S/c1-2-15-8-7-11(9-13)10-3-5-12(14)6-4-10/h3-6,11H,2,7-9H2,1H3. The van der Waals surface area contributed by atoms with E-state index in [1.165, 1.54) is 17.1 Å². The zero-order chi connectivity index (χ0) is 11.1. The van der Waals surface area contributed by atoms with Crippen LogP contribution in [0.1, 0.15) is 24.8 Å². The van der Waals surface area contributed by atoms with Crippen LogP contribution in [0.15, 0.2) is 24.3 Å². The van der Waals surface area contributed by atoms with Crippen LogP contribution in [0.5, 0.6) is 0 Å². The van der Waals surface area contributed by atoms with Gasteiger partial charge in [-0.1, -0.05) is 30.7 Å². The molecule has 15 heavy (non-hydrogen) atoms. The van der Waals surface area contributed by atoms with Crippen molar-refractivity contribution < 1.29 is 0 Å². The summed E-state index contributed by atoms with van der Waals surface area (Å²) in [4.78, 5) is 0. The lowest BCUT2D eigenvalue weighted by Gasteiger charge is -2.13. The molecule has 0 spiro atoms. The largest absolute Gasteiger partial charge is 0.162 e. The Balaban J connectivity index is 2.53. The Kier molecular flexibility index (Phi) is 6.54. The molecule has 0 aliphatic rings. The Morgan fingerprint density at radius 3 is 2.47 bits per heavy atom. The van der Waals surface area contributed by atoms with E-state index in [-0.39, 0.29) is 0 Å². The smallest absolute Gasteiger partial charge is 0.0406 e. The molecular weight excluding hydrogens is 247 g/mol. The van der Waals surface area contributed by atoms with Gasteiger partial charge >= 0.3 is 0 Å². The normalized spacial score (nSPS) is 12.7. The Hall–Kier alpha value is 0.150. The van der Waals surface area contributed by atoms with E-state index in [2.05, 4.69) is 19.1 Å². The van der Waals surface area contributed by atoms with E-state index in [0.717, 1.165) is 11.4 Å². The van der Waals surface area contributed by atoms with Crippen LogP contribution in [0.3, 0.4) is 0 Å². The Morgan fingerprint density at radius 2 is 1.93 bits per heavy atom. The molecule has 0 radical (unpaired) electrons. The molecule has 1 rings (SSSR count). The average Bonchev–Trinajstić information content (AvgIpc) is 2.26. The minimum atomic E-state index is 0.461. The molecule has 1 aromatic carbocycles. The summed E-state index contributed by atoms with van der Waals surface area (Å²) in [6, 6.07) is 8.02. The van der Waals surface area contributed by atoms with E-state index in [9.17, 15) is 0 Å². The Bertz CT molecular complexity index is 271. The van der Waals surface area contributed by atoms with Gasteiger partial charge in [0, 0.05) is 10.9 Å². The third-order valence-corrected chi connectivity index (χ3v) is 3.90.